The normalized spacial score (nSPS) is 12.5. The molecule has 3 aromatic rings. The van der Waals surface area contributed by atoms with Gasteiger partial charge in [-0.2, -0.15) is 0 Å². The van der Waals surface area contributed by atoms with Gasteiger partial charge in [0.15, 0.2) is 0 Å². The summed E-state index contributed by atoms with van der Waals surface area (Å²) in [6.45, 7) is 2.64. The third-order valence-electron chi connectivity index (χ3n) is 4.99. The predicted molar refractivity (Wildman–Crippen MR) is 108 cm³/mol. The van der Waals surface area contributed by atoms with Crippen LogP contribution in [0.4, 0.5) is 0 Å². The van der Waals surface area contributed by atoms with Gasteiger partial charge in [0, 0.05) is 17.0 Å². The summed E-state index contributed by atoms with van der Waals surface area (Å²) in [5.74, 6) is 0.103. The molecule has 136 valence electrons. The standard InChI is InChI=1S/C23H19ClO3/c1-14-5-6-15(11-18(14)13-22(25)26)19-3-2-4-20(24)23(19)17-7-8-21-16(12-17)9-10-27-21/h2-8,11-12H,9-10,13H2,1H3,(H,25,26). The van der Waals surface area contributed by atoms with Gasteiger partial charge in [0.05, 0.1) is 13.0 Å². The van der Waals surface area contributed by atoms with E-state index >= 15 is 0 Å². The van der Waals surface area contributed by atoms with E-state index in [-0.39, 0.29) is 6.42 Å². The van der Waals surface area contributed by atoms with Gasteiger partial charge in [-0.05, 0) is 58.5 Å². The summed E-state index contributed by atoms with van der Waals surface area (Å²) in [5, 5.41) is 9.86. The predicted octanol–water partition coefficient (Wildman–Crippen LogP) is 5.54. The molecule has 1 aliphatic rings. The topological polar surface area (TPSA) is 46.5 Å². The minimum Gasteiger partial charge on any atom is -0.493 e. The van der Waals surface area contributed by atoms with Crippen LogP contribution < -0.4 is 4.74 Å². The Bertz CT molecular complexity index is 1040. The molecular weight excluding hydrogens is 360 g/mol. The number of benzene rings is 3. The SMILES string of the molecule is Cc1ccc(-c2cccc(Cl)c2-c2ccc3c(c2)CCO3)cc1CC(=O)O. The molecule has 3 aromatic carbocycles. The monoisotopic (exact) mass is 378 g/mol. The molecule has 0 unspecified atom stereocenters. The number of carboxylic acids is 1. The maximum Gasteiger partial charge on any atom is 0.307 e. The first-order valence-electron chi connectivity index (χ1n) is 8.89. The summed E-state index contributed by atoms with van der Waals surface area (Å²) >= 11 is 6.59. The first-order valence-corrected chi connectivity index (χ1v) is 9.27. The summed E-state index contributed by atoms with van der Waals surface area (Å²) in [4.78, 5) is 11.2. The highest BCUT2D eigenvalue weighted by molar-refractivity contribution is 6.34. The Morgan fingerprint density at radius 1 is 1.11 bits per heavy atom. The van der Waals surface area contributed by atoms with E-state index in [9.17, 15) is 9.90 Å². The van der Waals surface area contributed by atoms with E-state index < -0.39 is 5.97 Å². The number of halogens is 1. The molecule has 4 heteroatoms. The average molecular weight is 379 g/mol. The lowest BCUT2D eigenvalue weighted by atomic mass is 9.91. The summed E-state index contributed by atoms with van der Waals surface area (Å²) in [6, 6.07) is 17.9. The van der Waals surface area contributed by atoms with Crippen molar-refractivity contribution in [3.63, 3.8) is 0 Å². The molecule has 0 fully saturated rings. The lowest BCUT2D eigenvalue weighted by Crippen LogP contribution is -2.02. The van der Waals surface area contributed by atoms with E-state index in [1.807, 2.05) is 55.5 Å². The van der Waals surface area contributed by atoms with Crippen LogP contribution in [0.25, 0.3) is 22.3 Å². The first-order chi connectivity index (χ1) is 13.0. The fourth-order valence-electron chi connectivity index (χ4n) is 3.59. The van der Waals surface area contributed by atoms with Gasteiger partial charge in [-0.3, -0.25) is 4.79 Å². The number of ether oxygens (including phenoxy) is 1. The van der Waals surface area contributed by atoms with Crippen molar-refractivity contribution in [1.29, 1.82) is 0 Å². The van der Waals surface area contributed by atoms with Crippen molar-refractivity contribution in [3.8, 4) is 28.0 Å². The summed E-state index contributed by atoms with van der Waals surface area (Å²) in [6.07, 6.45) is 0.905. The molecule has 0 atom stereocenters. The summed E-state index contributed by atoms with van der Waals surface area (Å²) in [5.41, 5.74) is 6.93. The lowest BCUT2D eigenvalue weighted by Gasteiger charge is -2.15. The van der Waals surface area contributed by atoms with Crippen molar-refractivity contribution >= 4 is 17.6 Å². The smallest absolute Gasteiger partial charge is 0.307 e. The molecule has 4 rings (SSSR count). The van der Waals surface area contributed by atoms with E-state index in [1.54, 1.807) is 0 Å². The van der Waals surface area contributed by atoms with Crippen molar-refractivity contribution in [2.24, 2.45) is 0 Å². The Balaban J connectivity index is 1.86. The largest absolute Gasteiger partial charge is 0.493 e. The molecule has 0 bridgehead atoms. The summed E-state index contributed by atoms with van der Waals surface area (Å²) in [7, 11) is 0. The van der Waals surface area contributed by atoms with Crippen LogP contribution in [0.1, 0.15) is 16.7 Å². The molecule has 0 aliphatic carbocycles. The Labute approximate surface area is 163 Å². The van der Waals surface area contributed by atoms with Crippen LogP contribution in [0, 0.1) is 6.92 Å². The Kier molecular flexibility index (Phi) is 4.63. The minimum absolute atomic E-state index is 0.00571. The van der Waals surface area contributed by atoms with Crippen LogP contribution in [0.3, 0.4) is 0 Å². The van der Waals surface area contributed by atoms with Gasteiger partial charge in [0.1, 0.15) is 5.75 Å². The Morgan fingerprint density at radius 3 is 2.74 bits per heavy atom. The van der Waals surface area contributed by atoms with Gasteiger partial charge in [0.25, 0.3) is 0 Å². The second kappa shape index (κ2) is 7.09. The molecule has 27 heavy (non-hydrogen) atoms. The van der Waals surface area contributed by atoms with Crippen LogP contribution in [0.5, 0.6) is 5.75 Å². The quantitative estimate of drug-likeness (QED) is 0.647. The molecule has 3 nitrogen and oxygen atoms in total. The molecule has 0 amide bonds. The zero-order valence-corrected chi connectivity index (χ0v) is 15.7. The highest BCUT2D eigenvalue weighted by Gasteiger charge is 2.17. The zero-order valence-electron chi connectivity index (χ0n) is 15.0. The molecule has 1 N–H and O–H groups in total. The van der Waals surface area contributed by atoms with Gasteiger partial charge in [-0.25, -0.2) is 0 Å². The van der Waals surface area contributed by atoms with Gasteiger partial charge in [0.2, 0.25) is 0 Å². The molecular formula is C23H19ClO3. The number of carbonyl (C=O) groups is 1. The number of fused-ring (bicyclic) bond motifs is 1. The minimum atomic E-state index is -0.833. The van der Waals surface area contributed by atoms with E-state index in [2.05, 4.69) is 6.07 Å². The van der Waals surface area contributed by atoms with E-state index in [0.717, 1.165) is 45.6 Å². The van der Waals surface area contributed by atoms with Crippen molar-refractivity contribution in [2.75, 3.05) is 6.61 Å². The van der Waals surface area contributed by atoms with Crippen LogP contribution in [-0.2, 0) is 17.6 Å². The lowest BCUT2D eigenvalue weighted by molar-refractivity contribution is -0.136. The molecule has 0 radical (unpaired) electrons. The molecule has 1 heterocycles. The third kappa shape index (κ3) is 3.43. The van der Waals surface area contributed by atoms with Crippen LogP contribution in [0.2, 0.25) is 5.02 Å². The van der Waals surface area contributed by atoms with E-state index in [4.69, 9.17) is 16.3 Å². The number of aliphatic carboxylic acids is 1. The van der Waals surface area contributed by atoms with Crippen molar-refractivity contribution in [1.82, 2.24) is 0 Å². The van der Waals surface area contributed by atoms with Crippen LogP contribution >= 0.6 is 11.6 Å². The molecule has 0 aromatic heterocycles. The molecule has 0 saturated carbocycles. The van der Waals surface area contributed by atoms with Gasteiger partial charge in [-0.1, -0.05) is 48.0 Å². The van der Waals surface area contributed by atoms with E-state index in [0.29, 0.717) is 11.6 Å². The number of carboxylic acid groups (broad SMARTS) is 1. The summed E-state index contributed by atoms with van der Waals surface area (Å²) < 4.78 is 5.61. The van der Waals surface area contributed by atoms with Crippen molar-refractivity contribution < 1.29 is 14.6 Å². The van der Waals surface area contributed by atoms with Crippen molar-refractivity contribution in [2.45, 2.75) is 19.8 Å². The first kappa shape index (κ1) is 17.6. The molecule has 0 saturated heterocycles. The van der Waals surface area contributed by atoms with Crippen molar-refractivity contribution in [3.05, 3.63) is 76.3 Å². The fourth-order valence-corrected chi connectivity index (χ4v) is 3.88. The second-order valence-corrected chi connectivity index (χ2v) is 7.20. The molecule has 0 spiro atoms. The highest BCUT2D eigenvalue weighted by Crippen LogP contribution is 2.40. The van der Waals surface area contributed by atoms with Crippen LogP contribution in [0.15, 0.2) is 54.6 Å². The average Bonchev–Trinajstić information content (AvgIpc) is 3.10. The number of aryl methyl sites for hydroxylation is 1. The Hall–Kier alpha value is -2.78. The third-order valence-corrected chi connectivity index (χ3v) is 5.31. The fraction of sp³-hybridized carbons (Fsp3) is 0.174. The maximum absolute atomic E-state index is 11.2. The van der Waals surface area contributed by atoms with E-state index in [1.165, 1.54) is 5.56 Å². The number of hydrogen-bond acceptors (Lipinski definition) is 2. The van der Waals surface area contributed by atoms with Gasteiger partial charge in [-0.15, -0.1) is 0 Å². The maximum atomic E-state index is 11.2. The van der Waals surface area contributed by atoms with Gasteiger partial charge >= 0.3 is 5.97 Å². The highest BCUT2D eigenvalue weighted by atomic mass is 35.5. The number of hydrogen-bond donors (Lipinski definition) is 1. The Morgan fingerprint density at radius 2 is 1.93 bits per heavy atom. The number of rotatable bonds is 4. The van der Waals surface area contributed by atoms with Crippen LogP contribution in [-0.4, -0.2) is 17.7 Å². The second-order valence-electron chi connectivity index (χ2n) is 6.80. The molecule has 1 aliphatic heterocycles. The zero-order chi connectivity index (χ0) is 19.0. The van der Waals surface area contributed by atoms with Gasteiger partial charge < -0.3 is 9.84 Å².